The summed E-state index contributed by atoms with van der Waals surface area (Å²) in [5.41, 5.74) is 4.28. The highest BCUT2D eigenvalue weighted by Crippen LogP contribution is 2.42. The lowest BCUT2D eigenvalue weighted by Gasteiger charge is -2.08. The lowest BCUT2D eigenvalue weighted by atomic mass is 10.0. The molecular weight excluding hydrogens is 372 g/mol. The average Bonchev–Trinajstić information content (AvgIpc) is 2.96. The van der Waals surface area contributed by atoms with E-state index in [1.165, 1.54) is 5.56 Å². The predicted octanol–water partition coefficient (Wildman–Crippen LogP) is 5.38. The number of nitrogens with zero attached hydrogens (tertiary/aromatic N) is 1. The summed E-state index contributed by atoms with van der Waals surface area (Å²) in [6.07, 6.45) is 1.55. The molecule has 0 spiro atoms. The Kier molecular flexibility index (Phi) is 4.06. The van der Waals surface area contributed by atoms with Gasteiger partial charge in [-0.25, -0.2) is 4.79 Å². The van der Waals surface area contributed by atoms with E-state index >= 15 is 0 Å². The van der Waals surface area contributed by atoms with E-state index in [1.807, 2.05) is 42.5 Å². The van der Waals surface area contributed by atoms with Crippen LogP contribution in [0.15, 0.2) is 77.6 Å². The number of fused-ring (bicyclic) bond motifs is 5. The summed E-state index contributed by atoms with van der Waals surface area (Å²) < 4.78 is 7.81. The van der Waals surface area contributed by atoms with Crippen LogP contribution >= 0.6 is 11.6 Å². The van der Waals surface area contributed by atoms with Crippen molar-refractivity contribution in [3.63, 3.8) is 0 Å². The standard InChI is InChI=1S/C23H17ClN2O2/c24-16-11-13-21-19(14-16)26-22(17-8-4-5-9-20(17)28-21)18(25-23(26)27)12-10-15-6-2-1-3-7-15/h1-9,11,13-14H,10,12H2,(H,25,27). The summed E-state index contributed by atoms with van der Waals surface area (Å²) in [4.78, 5) is 16.0. The Hall–Kier alpha value is -3.24. The van der Waals surface area contributed by atoms with Crippen molar-refractivity contribution in [2.75, 3.05) is 0 Å². The van der Waals surface area contributed by atoms with Crippen LogP contribution in [0.5, 0.6) is 11.5 Å². The molecule has 0 radical (unpaired) electrons. The summed E-state index contributed by atoms with van der Waals surface area (Å²) in [5.74, 6) is 1.32. The molecule has 0 aliphatic carbocycles. The van der Waals surface area contributed by atoms with E-state index in [1.54, 1.807) is 22.8 Å². The lowest BCUT2D eigenvalue weighted by Crippen LogP contribution is -2.15. The number of ether oxygens (including phenoxy) is 1. The molecule has 28 heavy (non-hydrogen) atoms. The van der Waals surface area contributed by atoms with Crippen LogP contribution in [0.25, 0.3) is 16.9 Å². The van der Waals surface area contributed by atoms with Crippen LogP contribution in [0.3, 0.4) is 0 Å². The molecule has 1 aliphatic rings. The van der Waals surface area contributed by atoms with Crippen LogP contribution in [0, 0.1) is 0 Å². The summed E-state index contributed by atoms with van der Waals surface area (Å²) in [7, 11) is 0. The van der Waals surface area contributed by atoms with E-state index < -0.39 is 0 Å². The number of H-pyrrole nitrogens is 1. The van der Waals surface area contributed by atoms with Crippen molar-refractivity contribution in [3.05, 3.63) is 99.6 Å². The molecule has 1 aliphatic heterocycles. The zero-order chi connectivity index (χ0) is 19.1. The number of hydrogen-bond donors (Lipinski definition) is 1. The van der Waals surface area contributed by atoms with Gasteiger partial charge >= 0.3 is 5.69 Å². The summed E-state index contributed by atoms with van der Waals surface area (Å²) in [5, 5.41) is 0.554. The quantitative estimate of drug-likeness (QED) is 0.451. The monoisotopic (exact) mass is 388 g/mol. The summed E-state index contributed by atoms with van der Waals surface area (Å²) in [6, 6.07) is 23.4. The molecular formula is C23H17ClN2O2. The average molecular weight is 389 g/mol. The Labute approximate surface area is 167 Å². The van der Waals surface area contributed by atoms with Crippen molar-refractivity contribution in [1.82, 2.24) is 9.55 Å². The second kappa shape index (κ2) is 6.73. The summed E-state index contributed by atoms with van der Waals surface area (Å²) >= 11 is 6.23. The van der Waals surface area contributed by atoms with Gasteiger partial charge in [-0.15, -0.1) is 0 Å². The highest BCUT2D eigenvalue weighted by molar-refractivity contribution is 6.30. The van der Waals surface area contributed by atoms with Gasteiger partial charge in [-0.1, -0.05) is 54.1 Å². The number of imidazole rings is 1. The van der Waals surface area contributed by atoms with Gasteiger partial charge in [0.2, 0.25) is 0 Å². The molecule has 5 rings (SSSR count). The molecule has 0 atom stereocenters. The highest BCUT2D eigenvalue weighted by Gasteiger charge is 2.26. The van der Waals surface area contributed by atoms with E-state index in [-0.39, 0.29) is 5.69 Å². The molecule has 0 fully saturated rings. The van der Waals surface area contributed by atoms with Gasteiger partial charge in [-0.2, -0.15) is 0 Å². The Morgan fingerprint density at radius 1 is 0.893 bits per heavy atom. The van der Waals surface area contributed by atoms with E-state index in [4.69, 9.17) is 16.3 Å². The SMILES string of the molecule is O=c1[nH]c(CCc2ccccc2)c2n1-c1cc(Cl)ccc1Oc1ccccc1-2. The molecule has 5 heteroatoms. The summed E-state index contributed by atoms with van der Waals surface area (Å²) in [6.45, 7) is 0. The Bertz CT molecular complexity index is 1230. The van der Waals surface area contributed by atoms with Crippen LogP contribution in [0.2, 0.25) is 5.02 Å². The lowest BCUT2D eigenvalue weighted by molar-refractivity contribution is 0.485. The number of benzene rings is 3. The van der Waals surface area contributed by atoms with Gasteiger partial charge < -0.3 is 9.72 Å². The number of aromatic nitrogens is 2. The fraction of sp³-hybridized carbons (Fsp3) is 0.0870. The number of nitrogens with one attached hydrogen (secondary N) is 1. The smallest absolute Gasteiger partial charge is 0.330 e. The fourth-order valence-electron chi connectivity index (χ4n) is 3.71. The number of aryl methyl sites for hydroxylation is 2. The number of rotatable bonds is 3. The van der Waals surface area contributed by atoms with Crippen molar-refractivity contribution >= 4 is 11.6 Å². The largest absolute Gasteiger partial charge is 0.454 e. The molecule has 0 saturated heterocycles. The van der Waals surface area contributed by atoms with E-state index in [9.17, 15) is 4.79 Å². The third-order valence-electron chi connectivity index (χ3n) is 5.00. The number of halogens is 1. The number of para-hydroxylation sites is 1. The maximum atomic E-state index is 12.9. The minimum atomic E-state index is -0.193. The fourth-order valence-corrected chi connectivity index (χ4v) is 3.88. The molecule has 4 aromatic rings. The van der Waals surface area contributed by atoms with Gasteiger partial charge in [0.15, 0.2) is 5.75 Å². The molecule has 0 amide bonds. The van der Waals surface area contributed by atoms with Gasteiger partial charge in [0.1, 0.15) is 5.75 Å². The predicted molar refractivity (Wildman–Crippen MR) is 111 cm³/mol. The van der Waals surface area contributed by atoms with Crippen molar-refractivity contribution < 1.29 is 4.74 Å². The first-order valence-corrected chi connectivity index (χ1v) is 9.53. The van der Waals surface area contributed by atoms with Crippen molar-refractivity contribution in [1.29, 1.82) is 0 Å². The van der Waals surface area contributed by atoms with Gasteiger partial charge in [0.05, 0.1) is 11.4 Å². The molecule has 0 saturated carbocycles. The van der Waals surface area contributed by atoms with Crippen LogP contribution < -0.4 is 10.4 Å². The van der Waals surface area contributed by atoms with Crippen LogP contribution in [0.4, 0.5) is 0 Å². The molecule has 0 bridgehead atoms. The number of hydrogen-bond acceptors (Lipinski definition) is 2. The second-order valence-electron chi connectivity index (χ2n) is 6.79. The first kappa shape index (κ1) is 16.9. The Balaban J connectivity index is 1.70. The van der Waals surface area contributed by atoms with Crippen molar-refractivity contribution in [2.24, 2.45) is 0 Å². The topological polar surface area (TPSA) is 47.0 Å². The Morgan fingerprint density at radius 3 is 2.54 bits per heavy atom. The van der Waals surface area contributed by atoms with E-state index in [0.717, 1.165) is 29.1 Å². The molecule has 138 valence electrons. The minimum absolute atomic E-state index is 0.193. The maximum absolute atomic E-state index is 12.9. The second-order valence-corrected chi connectivity index (χ2v) is 7.23. The van der Waals surface area contributed by atoms with Crippen LogP contribution in [-0.2, 0) is 12.8 Å². The zero-order valence-corrected chi connectivity index (χ0v) is 15.7. The van der Waals surface area contributed by atoms with Gasteiger partial charge in [0.25, 0.3) is 0 Å². The minimum Gasteiger partial charge on any atom is -0.454 e. The zero-order valence-electron chi connectivity index (χ0n) is 15.0. The first-order chi connectivity index (χ1) is 13.7. The molecule has 4 nitrogen and oxygen atoms in total. The van der Waals surface area contributed by atoms with E-state index in [2.05, 4.69) is 17.1 Å². The van der Waals surface area contributed by atoms with Gasteiger partial charge in [0, 0.05) is 16.3 Å². The maximum Gasteiger partial charge on any atom is 0.330 e. The third-order valence-corrected chi connectivity index (χ3v) is 5.24. The normalized spacial score (nSPS) is 11.8. The van der Waals surface area contributed by atoms with Gasteiger partial charge in [-0.05, 0) is 48.7 Å². The molecule has 1 aromatic heterocycles. The van der Waals surface area contributed by atoms with Crippen LogP contribution in [-0.4, -0.2) is 9.55 Å². The first-order valence-electron chi connectivity index (χ1n) is 9.16. The van der Waals surface area contributed by atoms with Gasteiger partial charge in [-0.3, -0.25) is 4.57 Å². The van der Waals surface area contributed by atoms with Crippen LogP contribution in [0.1, 0.15) is 11.3 Å². The number of aromatic amines is 1. The molecule has 0 unspecified atom stereocenters. The third kappa shape index (κ3) is 2.83. The molecule has 1 N–H and O–H groups in total. The van der Waals surface area contributed by atoms with Crippen molar-refractivity contribution in [3.8, 4) is 28.4 Å². The highest BCUT2D eigenvalue weighted by atomic mass is 35.5. The Morgan fingerprint density at radius 2 is 1.68 bits per heavy atom. The molecule has 2 heterocycles. The van der Waals surface area contributed by atoms with E-state index in [0.29, 0.717) is 22.9 Å². The molecule has 3 aromatic carbocycles. The van der Waals surface area contributed by atoms with Crippen molar-refractivity contribution in [2.45, 2.75) is 12.8 Å².